The van der Waals surface area contributed by atoms with Crippen molar-refractivity contribution >= 4 is 32.3 Å². The molecule has 0 nitrogen and oxygen atoms in total. The van der Waals surface area contributed by atoms with Crippen molar-refractivity contribution in [3.05, 3.63) is 71.0 Å². The van der Waals surface area contributed by atoms with Gasteiger partial charge in [-0.2, -0.15) is 0 Å². The van der Waals surface area contributed by atoms with Crippen LogP contribution in [-0.2, 0) is 12.8 Å². The molecular weight excluding hydrogens is 271 g/mol. The third-order valence-corrected chi connectivity index (χ3v) is 5.16. The van der Waals surface area contributed by atoms with Crippen LogP contribution in [0.5, 0.6) is 0 Å². The quantitative estimate of drug-likeness (QED) is 0.287. The molecule has 0 radical (unpaired) electrons. The van der Waals surface area contributed by atoms with Crippen LogP contribution < -0.4 is 0 Å². The van der Waals surface area contributed by atoms with Gasteiger partial charge < -0.3 is 0 Å². The molecule has 0 saturated heterocycles. The summed E-state index contributed by atoms with van der Waals surface area (Å²) >= 11 is 0. The van der Waals surface area contributed by atoms with Gasteiger partial charge in [-0.15, -0.1) is 0 Å². The molecule has 4 aromatic rings. The lowest BCUT2D eigenvalue weighted by atomic mass is 9.93. The van der Waals surface area contributed by atoms with Gasteiger partial charge in [-0.05, 0) is 87.0 Å². The molecule has 22 heavy (non-hydrogen) atoms. The van der Waals surface area contributed by atoms with E-state index in [9.17, 15) is 4.39 Å². The van der Waals surface area contributed by atoms with Gasteiger partial charge in [0.2, 0.25) is 0 Å². The van der Waals surface area contributed by atoms with Crippen molar-refractivity contribution in [2.45, 2.75) is 19.8 Å². The molecule has 0 fully saturated rings. The summed E-state index contributed by atoms with van der Waals surface area (Å²) in [4.78, 5) is 0. The fourth-order valence-corrected chi connectivity index (χ4v) is 4.10. The number of hydrogen-bond donors (Lipinski definition) is 0. The van der Waals surface area contributed by atoms with E-state index in [0.717, 1.165) is 23.6 Å². The number of benzene rings is 4. The highest BCUT2D eigenvalue weighted by atomic mass is 19.1. The summed E-state index contributed by atoms with van der Waals surface area (Å²) in [7, 11) is 0. The van der Waals surface area contributed by atoms with Crippen molar-refractivity contribution in [2.24, 2.45) is 0 Å². The van der Waals surface area contributed by atoms with Crippen LogP contribution in [0, 0.1) is 12.7 Å². The molecule has 1 aliphatic rings. The minimum absolute atomic E-state index is 0.166. The van der Waals surface area contributed by atoms with Gasteiger partial charge in [0, 0.05) is 0 Å². The van der Waals surface area contributed by atoms with Crippen molar-refractivity contribution in [1.29, 1.82) is 0 Å². The molecule has 1 aliphatic carbocycles. The SMILES string of the molecule is Cc1ccc2cc3c(ccc4ccc(F)cc43)c3c2c1CC3. The summed E-state index contributed by atoms with van der Waals surface area (Å²) in [5.74, 6) is -0.166. The largest absolute Gasteiger partial charge is 0.207 e. The minimum Gasteiger partial charge on any atom is -0.207 e. The van der Waals surface area contributed by atoms with Crippen LogP contribution in [0.2, 0.25) is 0 Å². The van der Waals surface area contributed by atoms with Crippen LogP contribution in [-0.4, -0.2) is 0 Å². The zero-order chi connectivity index (χ0) is 14.8. The molecule has 0 bridgehead atoms. The first-order chi connectivity index (χ1) is 10.7. The lowest BCUT2D eigenvalue weighted by Gasteiger charge is -2.11. The van der Waals surface area contributed by atoms with Gasteiger partial charge in [0.05, 0.1) is 0 Å². The van der Waals surface area contributed by atoms with E-state index in [0.29, 0.717) is 0 Å². The predicted molar refractivity (Wildman–Crippen MR) is 91.1 cm³/mol. The van der Waals surface area contributed by atoms with Crippen LogP contribution in [0.15, 0.2) is 48.5 Å². The summed E-state index contributed by atoms with van der Waals surface area (Å²) in [6, 6.07) is 16.1. The van der Waals surface area contributed by atoms with Crippen LogP contribution in [0.1, 0.15) is 16.7 Å². The highest BCUT2D eigenvalue weighted by Crippen LogP contribution is 2.40. The fourth-order valence-electron chi connectivity index (χ4n) is 4.10. The van der Waals surface area contributed by atoms with Gasteiger partial charge in [0.15, 0.2) is 0 Å². The Morgan fingerprint density at radius 1 is 0.727 bits per heavy atom. The molecule has 1 heteroatoms. The maximum atomic E-state index is 13.7. The van der Waals surface area contributed by atoms with Gasteiger partial charge in [-0.1, -0.05) is 30.3 Å². The van der Waals surface area contributed by atoms with Crippen LogP contribution >= 0.6 is 0 Å². The molecule has 0 unspecified atom stereocenters. The molecule has 0 heterocycles. The summed E-state index contributed by atoms with van der Waals surface area (Å²) in [6.07, 6.45) is 2.22. The molecule has 0 saturated carbocycles. The number of rotatable bonds is 0. The lowest BCUT2D eigenvalue weighted by molar-refractivity contribution is 0.630. The van der Waals surface area contributed by atoms with Gasteiger partial charge in [0.1, 0.15) is 5.82 Å². The topological polar surface area (TPSA) is 0 Å². The van der Waals surface area contributed by atoms with E-state index >= 15 is 0 Å². The van der Waals surface area contributed by atoms with E-state index in [1.54, 1.807) is 6.07 Å². The molecule has 0 aliphatic heterocycles. The third-order valence-electron chi connectivity index (χ3n) is 5.16. The molecule has 4 aromatic carbocycles. The predicted octanol–water partition coefficient (Wildman–Crippen LogP) is 5.69. The minimum atomic E-state index is -0.166. The van der Waals surface area contributed by atoms with Crippen molar-refractivity contribution < 1.29 is 4.39 Å². The number of halogens is 1. The first-order valence-electron chi connectivity index (χ1n) is 7.78. The normalized spacial score (nSPS) is 13.5. The first kappa shape index (κ1) is 12.2. The molecule has 0 N–H and O–H groups in total. The Morgan fingerprint density at radius 3 is 2.41 bits per heavy atom. The smallest absolute Gasteiger partial charge is 0.123 e. The summed E-state index contributed by atoms with van der Waals surface area (Å²) in [6.45, 7) is 2.20. The average Bonchev–Trinajstić information content (AvgIpc) is 2.97. The maximum Gasteiger partial charge on any atom is 0.123 e. The first-order valence-corrected chi connectivity index (χ1v) is 7.78. The highest BCUT2D eigenvalue weighted by molar-refractivity contribution is 6.15. The highest BCUT2D eigenvalue weighted by Gasteiger charge is 2.19. The second-order valence-corrected chi connectivity index (χ2v) is 6.34. The van der Waals surface area contributed by atoms with E-state index in [1.165, 1.54) is 44.3 Å². The van der Waals surface area contributed by atoms with E-state index in [4.69, 9.17) is 0 Å². The van der Waals surface area contributed by atoms with E-state index in [1.807, 2.05) is 6.07 Å². The second kappa shape index (κ2) is 4.07. The molecule has 0 amide bonds. The van der Waals surface area contributed by atoms with E-state index in [-0.39, 0.29) is 5.82 Å². The molecule has 0 spiro atoms. The zero-order valence-corrected chi connectivity index (χ0v) is 12.4. The lowest BCUT2D eigenvalue weighted by Crippen LogP contribution is -1.87. The molecule has 0 atom stereocenters. The Hall–Kier alpha value is -2.41. The Kier molecular flexibility index (Phi) is 2.25. The fraction of sp³-hybridized carbons (Fsp3) is 0.143. The van der Waals surface area contributed by atoms with E-state index in [2.05, 4.69) is 37.3 Å². The second-order valence-electron chi connectivity index (χ2n) is 6.34. The standard InChI is InChI=1S/C21H15F/c1-12-2-3-14-10-20-17(18-9-8-16(12)21(14)18)7-5-13-4-6-15(22)11-19(13)20/h2-7,10-11H,8-9H2,1H3. The summed E-state index contributed by atoms with van der Waals surface area (Å²) in [5, 5.41) is 7.31. The summed E-state index contributed by atoms with van der Waals surface area (Å²) in [5.41, 5.74) is 4.32. The Labute approximate surface area is 128 Å². The molecular formula is C21H15F. The van der Waals surface area contributed by atoms with E-state index < -0.39 is 0 Å². The third kappa shape index (κ3) is 1.46. The molecule has 106 valence electrons. The van der Waals surface area contributed by atoms with Crippen molar-refractivity contribution in [1.82, 2.24) is 0 Å². The van der Waals surface area contributed by atoms with Gasteiger partial charge in [-0.25, -0.2) is 4.39 Å². The monoisotopic (exact) mass is 286 g/mol. The number of aryl methyl sites for hydroxylation is 3. The molecule has 0 aromatic heterocycles. The zero-order valence-electron chi connectivity index (χ0n) is 12.4. The van der Waals surface area contributed by atoms with Gasteiger partial charge >= 0.3 is 0 Å². The Balaban J connectivity index is 2.06. The number of fused-ring (bicyclic) bond motifs is 4. The van der Waals surface area contributed by atoms with Crippen molar-refractivity contribution in [3.8, 4) is 0 Å². The number of hydrogen-bond acceptors (Lipinski definition) is 0. The Bertz CT molecular complexity index is 1090. The van der Waals surface area contributed by atoms with Gasteiger partial charge in [0.25, 0.3) is 0 Å². The maximum absolute atomic E-state index is 13.7. The van der Waals surface area contributed by atoms with Crippen molar-refractivity contribution in [3.63, 3.8) is 0 Å². The van der Waals surface area contributed by atoms with Gasteiger partial charge in [-0.3, -0.25) is 0 Å². The average molecular weight is 286 g/mol. The Morgan fingerprint density at radius 2 is 1.50 bits per heavy atom. The summed E-state index contributed by atoms with van der Waals surface area (Å²) < 4.78 is 13.7. The van der Waals surface area contributed by atoms with Crippen molar-refractivity contribution in [2.75, 3.05) is 0 Å². The van der Waals surface area contributed by atoms with Crippen LogP contribution in [0.25, 0.3) is 32.3 Å². The van der Waals surface area contributed by atoms with Crippen LogP contribution in [0.3, 0.4) is 0 Å². The molecule has 5 rings (SSSR count). The van der Waals surface area contributed by atoms with Crippen LogP contribution in [0.4, 0.5) is 4.39 Å².